The Morgan fingerprint density at radius 1 is 0.357 bits per heavy atom. The molecule has 4 heteroatoms. The van der Waals surface area contributed by atoms with E-state index in [1.807, 2.05) is 12.3 Å². The highest BCUT2D eigenvalue weighted by atomic mass is 15.1. The third kappa shape index (κ3) is 5.23. The topological polar surface area (TPSA) is 35.6 Å². The Labute approximate surface area is 324 Å². The Morgan fingerprint density at radius 3 is 1.66 bits per heavy atom. The smallest absolute Gasteiger partial charge is 0.165 e. The lowest BCUT2D eigenvalue weighted by Crippen LogP contribution is -1.98. The highest BCUT2D eigenvalue weighted by Gasteiger charge is 2.20. The Hall–Kier alpha value is -7.56. The summed E-state index contributed by atoms with van der Waals surface area (Å²) >= 11 is 0. The monoisotopic (exact) mass is 714 g/mol. The molecular formula is C52H34N4. The first-order valence-electron chi connectivity index (χ1n) is 19.0. The normalized spacial score (nSPS) is 11.6. The van der Waals surface area contributed by atoms with Gasteiger partial charge in [0.15, 0.2) is 5.65 Å². The number of aromatic nitrogens is 4. The number of pyridine rings is 1. The fourth-order valence-corrected chi connectivity index (χ4v) is 8.37. The lowest BCUT2D eigenvalue weighted by Gasteiger charge is -2.11. The van der Waals surface area contributed by atoms with Crippen LogP contribution in [0, 0.1) is 0 Å². The van der Waals surface area contributed by atoms with E-state index in [1.54, 1.807) is 0 Å². The van der Waals surface area contributed by atoms with Crippen LogP contribution in [0.15, 0.2) is 206 Å². The molecule has 262 valence electrons. The first kappa shape index (κ1) is 31.9. The third-order valence-corrected chi connectivity index (χ3v) is 11.0. The second-order valence-corrected chi connectivity index (χ2v) is 14.2. The van der Waals surface area contributed by atoms with Crippen LogP contribution in [-0.4, -0.2) is 19.1 Å². The number of imidazole rings is 1. The molecule has 3 heterocycles. The molecule has 0 amide bonds. The van der Waals surface area contributed by atoms with Crippen molar-refractivity contribution in [2.24, 2.45) is 0 Å². The minimum absolute atomic E-state index is 0.819. The van der Waals surface area contributed by atoms with E-state index < -0.39 is 0 Å². The first-order valence-corrected chi connectivity index (χ1v) is 19.0. The maximum Gasteiger partial charge on any atom is 0.165 e. The number of benzene rings is 8. The minimum Gasteiger partial charge on any atom is -0.309 e. The van der Waals surface area contributed by atoms with E-state index in [0.29, 0.717) is 0 Å². The van der Waals surface area contributed by atoms with Gasteiger partial charge in [-0.05, 0) is 81.1 Å². The van der Waals surface area contributed by atoms with Gasteiger partial charge in [0.1, 0.15) is 11.3 Å². The zero-order valence-electron chi connectivity index (χ0n) is 30.4. The van der Waals surface area contributed by atoms with Crippen LogP contribution >= 0.6 is 0 Å². The predicted molar refractivity (Wildman–Crippen MR) is 232 cm³/mol. The minimum atomic E-state index is 0.819. The van der Waals surface area contributed by atoms with E-state index in [2.05, 4.69) is 203 Å². The molecule has 0 unspecified atom stereocenters. The molecule has 0 aliphatic heterocycles. The molecule has 0 aliphatic carbocycles. The molecule has 0 radical (unpaired) electrons. The first-order chi connectivity index (χ1) is 27.8. The van der Waals surface area contributed by atoms with Crippen molar-refractivity contribution in [2.45, 2.75) is 0 Å². The maximum atomic E-state index is 5.39. The largest absolute Gasteiger partial charge is 0.309 e. The number of nitrogens with zero attached hydrogens (tertiary/aromatic N) is 4. The second-order valence-electron chi connectivity index (χ2n) is 14.2. The lowest BCUT2D eigenvalue weighted by atomic mass is 9.96. The van der Waals surface area contributed by atoms with Gasteiger partial charge < -0.3 is 4.57 Å². The Bertz CT molecular complexity index is 3170. The summed E-state index contributed by atoms with van der Waals surface area (Å²) in [7, 11) is 0. The fraction of sp³-hybridized carbons (Fsp3) is 0. The summed E-state index contributed by atoms with van der Waals surface area (Å²) in [6.07, 6.45) is 1.90. The van der Waals surface area contributed by atoms with Crippen molar-refractivity contribution in [2.75, 3.05) is 0 Å². The molecule has 0 N–H and O–H groups in total. The third-order valence-electron chi connectivity index (χ3n) is 11.0. The quantitative estimate of drug-likeness (QED) is 0.172. The summed E-state index contributed by atoms with van der Waals surface area (Å²) in [6, 6.07) is 71.2. The van der Waals surface area contributed by atoms with Crippen LogP contribution in [0.25, 0.3) is 99.9 Å². The van der Waals surface area contributed by atoms with Gasteiger partial charge in [-0.3, -0.25) is 4.57 Å². The van der Waals surface area contributed by atoms with Gasteiger partial charge in [0.05, 0.1) is 11.0 Å². The fourth-order valence-electron chi connectivity index (χ4n) is 8.37. The van der Waals surface area contributed by atoms with Gasteiger partial charge in [0.25, 0.3) is 0 Å². The zero-order chi connectivity index (χ0) is 37.0. The number of para-hydroxylation sites is 3. The number of hydrogen-bond acceptors (Lipinski definition) is 2. The number of hydrogen-bond donors (Lipinski definition) is 0. The highest BCUT2D eigenvalue weighted by molar-refractivity contribution is 6.09. The van der Waals surface area contributed by atoms with Gasteiger partial charge in [-0.1, -0.05) is 158 Å². The van der Waals surface area contributed by atoms with Crippen molar-refractivity contribution in [1.82, 2.24) is 19.1 Å². The van der Waals surface area contributed by atoms with E-state index >= 15 is 0 Å². The Kier molecular flexibility index (Phi) is 7.46. The molecule has 4 nitrogen and oxygen atoms in total. The summed E-state index contributed by atoms with van der Waals surface area (Å²) in [5.74, 6) is 0.850. The van der Waals surface area contributed by atoms with Crippen LogP contribution in [-0.2, 0) is 0 Å². The van der Waals surface area contributed by atoms with Gasteiger partial charge in [0.2, 0.25) is 0 Å². The van der Waals surface area contributed by atoms with E-state index in [4.69, 9.17) is 9.97 Å². The van der Waals surface area contributed by atoms with Crippen molar-refractivity contribution in [1.29, 1.82) is 0 Å². The van der Waals surface area contributed by atoms with Crippen molar-refractivity contribution < 1.29 is 0 Å². The highest BCUT2D eigenvalue weighted by Crippen LogP contribution is 2.37. The summed E-state index contributed by atoms with van der Waals surface area (Å²) in [5.41, 5.74) is 14.1. The van der Waals surface area contributed by atoms with Gasteiger partial charge in [-0.15, -0.1) is 0 Å². The SMILES string of the molecule is c1ccc(-n2c(-c3ccc(-c4ccc(-c5cccc6ccccc56)cc4)cc3)nc3c(-c4cccc(-n5c6ccccc6c6ccccc65)c4)ccnc32)cc1. The van der Waals surface area contributed by atoms with E-state index in [0.717, 1.165) is 50.6 Å². The maximum absolute atomic E-state index is 5.39. The van der Waals surface area contributed by atoms with Crippen molar-refractivity contribution in [3.8, 4) is 56.1 Å². The molecule has 0 saturated heterocycles. The zero-order valence-corrected chi connectivity index (χ0v) is 30.4. The van der Waals surface area contributed by atoms with Crippen LogP contribution in [0.4, 0.5) is 0 Å². The summed E-state index contributed by atoms with van der Waals surface area (Å²) in [6.45, 7) is 0. The van der Waals surface area contributed by atoms with Gasteiger partial charge in [-0.25, -0.2) is 9.97 Å². The van der Waals surface area contributed by atoms with Crippen molar-refractivity contribution in [3.63, 3.8) is 0 Å². The Morgan fingerprint density at radius 2 is 0.929 bits per heavy atom. The molecule has 11 aromatic rings. The molecule has 0 spiro atoms. The van der Waals surface area contributed by atoms with Crippen molar-refractivity contribution >= 4 is 43.7 Å². The average Bonchev–Trinajstić information content (AvgIpc) is 3.83. The molecule has 3 aromatic heterocycles. The molecule has 56 heavy (non-hydrogen) atoms. The predicted octanol–water partition coefficient (Wildman–Crippen LogP) is 13.3. The second kappa shape index (κ2) is 13.1. The molecule has 11 rings (SSSR count). The van der Waals surface area contributed by atoms with Gasteiger partial charge in [-0.2, -0.15) is 0 Å². The molecule has 0 aliphatic rings. The number of rotatable bonds is 6. The lowest BCUT2D eigenvalue weighted by molar-refractivity contribution is 1.08. The summed E-state index contributed by atoms with van der Waals surface area (Å²) in [4.78, 5) is 10.4. The molecular weight excluding hydrogens is 681 g/mol. The van der Waals surface area contributed by atoms with Crippen LogP contribution in [0.3, 0.4) is 0 Å². The molecule has 0 bridgehead atoms. The van der Waals surface area contributed by atoms with Gasteiger partial charge in [0, 0.05) is 39.5 Å². The van der Waals surface area contributed by atoms with Crippen LogP contribution in [0.2, 0.25) is 0 Å². The summed E-state index contributed by atoms with van der Waals surface area (Å²) < 4.78 is 4.54. The van der Waals surface area contributed by atoms with E-state index in [9.17, 15) is 0 Å². The van der Waals surface area contributed by atoms with E-state index in [-0.39, 0.29) is 0 Å². The van der Waals surface area contributed by atoms with Crippen LogP contribution < -0.4 is 0 Å². The standard InChI is InChI=1S/C52H34N4/c1-2-15-41(16-3-1)56-51(39-30-26-36(27-31-39)35-24-28-38(29-25-35)44-21-11-13-37-12-4-5-18-43(37)44)54-50-45(32-33-53-52(50)56)40-14-10-17-42(34-40)55-48-22-8-6-19-46(48)47-20-7-9-23-49(47)55/h1-34H. The Balaban J connectivity index is 1.00. The average molecular weight is 715 g/mol. The summed E-state index contributed by atoms with van der Waals surface area (Å²) in [5, 5.41) is 5.01. The number of fused-ring (bicyclic) bond motifs is 5. The molecule has 0 atom stereocenters. The molecule has 0 fully saturated rings. The van der Waals surface area contributed by atoms with Crippen molar-refractivity contribution in [3.05, 3.63) is 206 Å². The van der Waals surface area contributed by atoms with Gasteiger partial charge >= 0.3 is 0 Å². The van der Waals surface area contributed by atoms with E-state index in [1.165, 1.54) is 49.3 Å². The van der Waals surface area contributed by atoms with Crippen LogP contribution in [0.5, 0.6) is 0 Å². The molecule has 8 aromatic carbocycles. The van der Waals surface area contributed by atoms with Crippen LogP contribution in [0.1, 0.15) is 0 Å². The molecule has 0 saturated carbocycles.